The summed E-state index contributed by atoms with van der Waals surface area (Å²) in [5, 5.41) is 3.18. The summed E-state index contributed by atoms with van der Waals surface area (Å²) in [6.07, 6.45) is 0. The zero-order valence-electron chi connectivity index (χ0n) is 11.7. The van der Waals surface area contributed by atoms with Crippen molar-refractivity contribution in [2.75, 3.05) is 33.4 Å². The van der Waals surface area contributed by atoms with Crippen molar-refractivity contribution in [1.82, 2.24) is 9.62 Å². The topological polar surface area (TPSA) is 58.6 Å². The Morgan fingerprint density at radius 2 is 2.11 bits per heavy atom. The molecule has 0 spiro atoms. The van der Waals surface area contributed by atoms with Crippen molar-refractivity contribution in [3.8, 4) is 0 Å². The van der Waals surface area contributed by atoms with Crippen LogP contribution in [-0.4, -0.2) is 46.1 Å². The third-order valence-corrected chi connectivity index (χ3v) is 6.01. The van der Waals surface area contributed by atoms with E-state index in [9.17, 15) is 8.42 Å². The monoisotopic (exact) mass is 306 g/mol. The van der Waals surface area contributed by atoms with E-state index < -0.39 is 10.0 Å². The third-order valence-electron chi connectivity index (χ3n) is 2.61. The van der Waals surface area contributed by atoms with Gasteiger partial charge in [-0.15, -0.1) is 11.3 Å². The van der Waals surface area contributed by atoms with Crippen molar-refractivity contribution in [3.63, 3.8) is 0 Å². The standard InChI is InChI=1S/C12H22N2O3S2/c1-4-13-10-11-6-7-12(18-11)19(15,16)14(3)8-9-17-5-2/h6-7,13H,4-5,8-10H2,1-3H3. The van der Waals surface area contributed by atoms with Crippen molar-refractivity contribution < 1.29 is 13.2 Å². The summed E-state index contributed by atoms with van der Waals surface area (Å²) in [6.45, 7) is 6.87. The van der Waals surface area contributed by atoms with Gasteiger partial charge in [-0.05, 0) is 25.6 Å². The van der Waals surface area contributed by atoms with Gasteiger partial charge in [0.25, 0.3) is 10.0 Å². The molecule has 0 aliphatic heterocycles. The lowest BCUT2D eigenvalue weighted by atomic mass is 10.4. The molecule has 0 fully saturated rings. The fourth-order valence-corrected chi connectivity index (χ4v) is 4.14. The summed E-state index contributed by atoms with van der Waals surface area (Å²) in [5.74, 6) is 0. The van der Waals surface area contributed by atoms with Crippen LogP contribution in [0.15, 0.2) is 16.3 Å². The molecule has 1 N–H and O–H groups in total. The Balaban J connectivity index is 2.68. The maximum Gasteiger partial charge on any atom is 0.252 e. The molecule has 0 aromatic carbocycles. The maximum atomic E-state index is 12.3. The fraction of sp³-hybridized carbons (Fsp3) is 0.667. The van der Waals surface area contributed by atoms with Gasteiger partial charge in [-0.25, -0.2) is 8.42 Å². The smallest absolute Gasteiger partial charge is 0.252 e. The molecule has 0 radical (unpaired) electrons. The van der Waals surface area contributed by atoms with E-state index in [4.69, 9.17) is 4.74 Å². The Bertz CT molecular complexity index is 471. The van der Waals surface area contributed by atoms with Crippen LogP contribution in [0.1, 0.15) is 18.7 Å². The number of nitrogens with one attached hydrogen (secondary N) is 1. The molecule has 0 atom stereocenters. The van der Waals surface area contributed by atoms with Gasteiger partial charge < -0.3 is 10.1 Å². The molecule has 1 rings (SSSR count). The average Bonchev–Trinajstić information content (AvgIpc) is 2.85. The van der Waals surface area contributed by atoms with Crippen LogP contribution in [0.2, 0.25) is 0 Å². The van der Waals surface area contributed by atoms with Crippen LogP contribution in [-0.2, 0) is 21.3 Å². The second-order valence-corrected chi connectivity index (χ2v) is 7.46. The highest BCUT2D eigenvalue weighted by atomic mass is 32.2. The van der Waals surface area contributed by atoms with Gasteiger partial charge in [0.2, 0.25) is 0 Å². The van der Waals surface area contributed by atoms with Gasteiger partial charge >= 0.3 is 0 Å². The van der Waals surface area contributed by atoms with Crippen molar-refractivity contribution in [2.24, 2.45) is 0 Å². The van der Waals surface area contributed by atoms with E-state index in [1.807, 2.05) is 19.9 Å². The molecule has 5 nitrogen and oxygen atoms in total. The molecule has 1 heterocycles. The van der Waals surface area contributed by atoms with E-state index in [0.29, 0.717) is 30.5 Å². The molecule has 0 saturated carbocycles. The van der Waals surface area contributed by atoms with Crippen LogP contribution in [0.5, 0.6) is 0 Å². The molecule has 0 unspecified atom stereocenters. The highest BCUT2D eigenvalue weighted by Crippen LogP contribution is 2.24. The van der Waals surface area contributed by atoms with Crippen molar-refractivity contribution >= 4 is 21.4 Å². The third kappa shape index (κ3) is 4.85. The summed E-state index contributed by atoms with van der Waals surface area (Å²) >= 11 is 1.31. The van der Waals surface area contributed by atoms with E-state index in [1.165, 1.54) is 15.6 Å². The number of thiophene rings is 1. The minimum absolute atomic E-state index is 0.372. The van der Waals surface area contributed by atoms with Crippen LogP contribution in [0, 0.1) is 0 Å². The second kappa shape index (κ2) is 7.96. The molecule has 0 aliphatic carbocycles. The first-order valence-electron chi connectivity index (χ1n) is 6.35. The first kappa shape index (κ1) is 16.6. The quantitative estimate of drug-likeness (QED) is 0.703. The highest BCUT2D eigenvalue weighted by Gasteiger charge is 2.22. The predicted octanol–water partition coefficient (Wildman–Crippen LogP) is 1.51. The van der Waals surface area contributed by atoms with Gasteiger partial charge in [-0.3, -0.25) is 0 Å². The number of ether oxygens (including phenoxy) is 1. The van der Waals surface area contributed by atoms with E-state index in [2.05, 4.69) is 5.32 Å². The highest BCUT2D eigenvalue weighted by molar-refractivity contribution is 7.91. The van der Waals surface area contributed by atoms with Crippen molar-refractivity contribution in [3.05, 3.63) is 17.0 Å². The second-order valence-electron chi connectivity index (χ2n) is 4.02. The van der Waals surface area contributed by atoms with Crippen LogP contribution >= 0.6 is 11.3 Å². The molecule has 110 valence electrons. The molecular formula is C12H22N2O3S2. The first-order valence-corrected chi connectivity index (χ1v) is 8.61. The molecule has 0 amide bonds. The Hall–Kier alpha value is -0.470. The van der Waals surface area contributed by atoms with Crippen molar-refractivity contribution in [1.29, 1.82) is 0 Å². The van der Waals surface area contributed by atoms with Crippen molar-refractivity contribution in [2.45, 2.75) is 24.6 Å². The SMILES string of the molecule is CCNCc1ccc(S(=O)(=O)N(C)CCOCC)s1. The molecule has 1 aromatic heterocycles. The molecule has 0 aliphatic rings. The number of rotatable bonds is 9. The lowest BCUT2D eigenvalue weighted by molar-refractivity contribution is 0.138. The molecule has 1 aromatic rings. The lowest BCUT2D eigenvalue weighted by Crippen LogP contribution is -2.29. The molecule has 0 saturated heterocycles. The minimum atomic E-state index is -3.38. The van der Waals surface area contributed by atoms with Gasteiger partial charge in [-0.2, -0.15) is 4.31 Å². The Morgan fingerprint density at radius 3 is 2.74 bits per heavy atom. The summed E-state index contributed by atoms with van der Waals surface area (Å²) in [5.41, 5.74) is 0. The molecular weight excluding hydrogens is 284 g/mol. The van der Waals surface area contributed by atoms with Crippen LogP contribution < -0.4 is 5.32 Å². The van der Waals surface area contributed by atoms with E-state index in [0.717, 1.165) is 11.4 Å². The normalized spacial score (nSPS) is 12.2. The first-order chi connectivity index (χ1) is 9.02. The maximum absolute atomic E-state index is 12.3. The van der Waals surface area contributed by atoms with E-state index in [1.54, 1.807) is 13.1 Å². The lowest BCUT2D eigenvalue weighted by Gasteiger charge is -2.15. The summed E-state index contributed by atoms with van der Waals surface area (Å²) in [6, 6.07) is 3.53. The summed E-state index contributed by atoms with van der Waals surface area (Å²) in [7, 11) is -1.80. The Labute approximate surface area is 119 Å². The number of nitrogens with zero attached hydrogens (tertiary/aromatic N) is 1. The Morgan fingerprint density at radius 1 is 1.37 bits per heavy atom. The number of hydrogen-bond donors (Lipinski definition) is 1. The predicted molar refractivity (Wildman–Crippen MR) is 78.0 cm³/mol. The Kier molecular flexibility index (Phi) is 6.95. The molecule has 7 heteroatoms. The van der Waals surface area contributed by atoms with E-state index >= 15 is 0 Å². The van der Waals surface area contributed by atoms with Gasteiger partial charge in [0.1, 0.15) is 4.21 Å². The van der Waals surface area contributed by atoms with Gasteiger partial charge in [-0.1, -0.05) is 6.92 Å². The van der Waals surface area contributed by atoms with Crippen LogP contribution in [0.4, 0.5) is 0 Å². The fourth-order valence-electron chi connectivity index (χ4n) is 1.45. The zero-order chi connectivity index (χ0) is 14.3. The molecule has 0 bridgehead atoms. The number of likely N-dealkylation sites (N-methyl/N-ethyl adjacent to an activating group) is 1. The zero-order valence-corrected chi connectivity index (χ0v) is 13.3. The average molecular weight is 306 g/mol. The minimum Gasteiger partial charge on any atom is -0.380 e. The van der Waals surface area contributed by atoms with Gasteiger partial charge in [0.15, 0.2) is 0 Å². The largest absolute Gasteiger partial charge is 0.380 e. The molecule has 19 heavy (non-hydrogen) atoms. The van der Waals surface area contributed by atoms with Gasteiger partial charge in [0, 0.05) is 31.6 Å². The van der Waals surface area contributed by atoms with Crippen LogP contribution in [0.25, 0.3) is 0 Å². The van der Waals surface area contributed by atoms with Gasteiger partial charge in [0.05, 0.1) is 6.61 Å². The number of sulfonamides is 1. The van der Waals surface area contributed by atoms with E-state index in [-0.39, 0.29) is 0 Å². The van der Waals surface area contributed by atoms with Crippen LogP contribution in [0.3, 0.4) is 0 Å². The number of hydrogen-bond acceptors (Lipinski definition) is 5. The summed E-state index contributed by atoms with van der Waals surface area (Å²) < 4.78 is 31.5. The summed E-state index contributed by atoms with van der Waals surface area (Å²) in [4.78, 5) is 1.03.